The van der Waals surface area contributed by atoms with E-state index in [1.165, 1.54) is 48.5 Å². The smallest absolute Gasteiger partial charge is 0.494 e. The zero-order valence-electron chi connectivity index (χ0n) is 23.7. The largest absolute Gasteiger partial charge is 0.514 e. The van der Waals surface area contributed by atoms with Crippen LogP contribution in [0.1, 0.15) is 23.6 Å². The molecule has 0 aliphatic carbocycles. The minimum atomic E-state index is -0.882. The SMILES string of the molecule is CCOc1ccc(COC(=O)Oc2ccc([N+](=O)[O-])cc2)cc1.Cc1ccc(COC(=O)Oc2ccc([N+](=O)[O-])cc2)cc1. The third kappa shape index (κ3) is 11.1. The molecular weight excluding hydrogens is 576 g/mol. The van der Waals surface area contributed by atoms with Gasteiger partial charge >= 0.3 is 12.3 Å². The van der Waals surface area contributed by atoms with E-state index < -0.39 is 22.2 Å². The van der Waals surface area contributed by atoms with Crippen molar-refractivity contribution in [3.8, 4) is 17.2 Å². The van der Waals surface area contributed by atoms with Crippen LogP contribution < -0.4 is 14.2 Å². The van der Waals surface area contributed by atoms with E-state index in [9.17, 15) is 29.8 Å². The normalized spacial score (nSPS) is 9.95. The van der Waals surface area contributed by atoms with E-state index in [0.717, 1.165) is 22.4 Å². The van der Waals surface area contributed by atoms with Crippen molar-refractivity contribution in [2.45, 2.75) is 27.1 Å². The number of hydrogen-bond acceptors (Lipinski definition) is 11. The molecule has 0 amide bonds. The Morgan fingerprint density at radius 2 is 0.955 bits per heavy atom. The predicted molar refractivity (Wildman–Crippen MR) is 157 cm³/mol. The van der Waals surface area contributed by atoms with Gasteiger partial charge in [-0.3, -0.25) is 20.2 Å². The van der Waals surface area contributed by atoms with Crippen LogP contribution in [0.15, 0.2) is 97.1 Å². The summed E-state index contributed by atoms with van der Waals surface area (Å²) in [5, 5.41) is 21.0. The van der Waals surface area contributed by atoms with Crippen LogP contribution in [-0.4, -0.2) is 28.8 Å². The summed E-state index contributed by atoms with van der Waals surface area (Å²) in [6.45, 7) is 4.60. The molecular formula is C31H28N2O11. The van der Waals surface area contributed by atoms with Crippen LogP contribution in [0.2, 0.25) is 0 Å². The highest BCUT2D eigenvalue weighted by atomic mass is 16.7. The second kappa shape index (κ2) is 16.5. The quantitative estimate of drug-likeness (QED) is 0.0769. The third-order valence-electron chi connectivity index (χ3n) is 5.57. The number of ether oxygens (including phenoxy) is 5. The van der Waals surface area contributed by atoms with Crippen molar-refractivity contribution in [2.75, 3.05) is 6.61 Å². The van der Waals surface area contributed by atoms with Gasteiger partial charge in [0.05, 0.1) is 16.5 Å². The summed E-state index contributed by atoms with van der Waals surface area (Å²) in [4.78, 5) is 43.0. The maximum Gasteiger partial charge on any atom is 0.514 e. The van der Waals surface area contributed by atoms with Crippen molar-refractivity contribution in [2.24, 2.45) is 0 Å². The maximum atomic E-state index is 11.6. The first-order valence-electron chi connectivity index (χ1n) is 13.1. The van der Waals surface area contributed by atoms with Gasteiger partial charge in [0.15, 0.2) is 0 Å². The molecule has 13 nitrogen and oxygen atoms in total. The fraction of sp³-hybridized carbons (Fsp3) is 0.161. The lowest BCUT2D eigenvalue weighted by Gasteiger charge is -2.07. The van der Waals surface area contributed by atoms with Crippen LogP contribution in [0, 0.1) is 27.2 Å². The highest BCUT2D eigenvalue weighted by molar-refractivity contribution is 5.64. The van der Waals surface area contributed by atoms with Gasteiger partial charge < -0.3 is 23.7 Å². The van der Waals surface area contributed by atoms with Crippen molar-refractivity contribution in [1.82, 2.24) is 0 Å². The molecule has 0 fully saturated rings. The summed E-state index contributed by atoms with van der Waals surface area (Å²) in [6.07, 6.45) is -1.74. The van der Waals surface area contributed by atoms with Gasteiger partial charge in [0.1, 0.15) is 30.5 Å². The highest BCUT2D eigenvalue weighted by Crippen LogP contribution is 2.19. The summed E-state index contributed by atoms with van der Waals surface area (Å²) >= 11 is 0. The van der Waals surface area contributed by atoms with Gasteiger partial charge in [-0.15, -0.1) is 0 Å². The molecule has 0 aliphatic heterocycles. The van der Waals surface area contributed by atoms with Crippen LogP contribution in [0.25, 0.3) is 0 Å². The minimum Gasteiger partial charge on any atom is -0.494 e. The number of aryl methyl sites for hydroxylation is 1. The summed E-state index contributed by atoms with van der Waals surface area (Å²) in [5.41, 5.74) is 2.60. The lowest BCUT2D eigenvalue weighted by molar-refractivity contribution is -0.385. The number of hydrogen-bond donors (Lipinski definition) is 0. The molecule has 0 unspecified atom stereocenters. The number of nitrogens with zero attached hydrogens (tertiary/aromatic N) is 2. The number of non-ortho nitro benzene ring substituents is 2. The van der Waals surface area contributed by atoms with Crippen molar-refractivity contribution in [1.29, 1.82) is 0 Å². The zero-order valence-corrected chi connectivity index (χ0v) is 23.7. The van der Waals surface area contributed by atoms with E-state index >= 15 is 0 Å². The van der Waals surface area contributed by atoms with Crippen LogP contribution in [0.5, 0.6) is 17.2 Å². The van der Waals surface area contributed by atoms with E-state index in [0.29, 0.717) is 6.61 Å². The molecule has 0 aromatic heterocycles. The first-order chi connectivity index (χ1) is 21.1. The molecule has 0 spiro atoms. The van der Waals surface area contributed by atoms with Crippen molar-refractivity contribution in [3.63, 3.8) is 0 Å². The van der Waals surface area contributed by atoms with E-state index in [4.69, 9.17) is 23.7 Å². The van der Waals surface area contributed by atoms with Gasteiger partial charge in [-0.1, -0.05) is 42.0 Å². The molecule has 0 bridgehead atoms. The first kappa shape index (κ1) is 32.5. The van der Waals surface area contributed by atoms with Crippen LogP contribution in [0.4, 0.5) is 21.0 Å². The number of carbonyl (C=O) groups excluding carboxylic acids is 2. The Balaban J connectivity index is 0.000000241. The van der Waals surface area contributed by atoms with Gasteiger partial charge in [-0.2, -0.15) is 0 Å². The number of nitro benzene ring substituents is 2. The standard InChI is InChI=1S/C16H15NO6.C15H13NO5/c1-2-21-14-7-3-12(4-8-14)11-22-16(18)23-15-9-5-13(6-10-15)17(19)20;1-11-2-4-12(5-3-11)10-20-15(17)21-14-8-6-13(7-9-14)16(18)19/h3-10H,2,11H2,1H3;2-9H,10H2,1H3. The number of rotatable bonds is 10. The Kier molecular flexibility index (Phi) is 12.2. The monoisotopic (exact) mass is 604 g/mol. The molecule has 0 saturated carbocycles. The molecule has 4 aromatic carbocycles. The third-order valence-corrected chi connectivity index (χ3v) is 5.57. The Morgan fingerprint density at radius 1 is 0.591 bits per heavy atom. The average Bonchev–Trinajstić information content (AvgIpc) is 3.01. The van der Waals surface area contributed by atoms with Crippen molar-refractivity contribution < 1.29 is 43.1 Å². The molecule has 0 saturated heterocycles. The van der Waals surface area contributed by atoms with E-state index in [-0.39, 0.29) is 36.1 Å². The number of carbonyl (C=O) groups is 2. The number of nitro groups is 2. The Hall–Kier alpha value is -5.98. The second-order valence-corrected chi connectivity index (χ2v) is 8.85. The molecule has 4 aromatic rings. The lowest BCUT2D eigenvalue weighted by atomic mass is 10.2. The lowest BCUT2D eigenvalue weighted by Crippen LogP contribution is -2.10. The van der Waals surface area contributed by atoms with Crippen LogP contribution >= 0.6 is 0 Å². The predicted octanol–water partition coefficient (Wildman–Crippen LogP) is 7.33. The second-order valence-electron chi connectivity index (χ2n) is 8.85. The number of benzene rings is 4. The summed E-state index contributed by atoms with van der Waals surface area (Å²) in [5.74, 6) is 1.10. The Morgan fingerprint density at radius 3 is 1.32 bits per heavy atom. The average molecular weight is 605 g/mol. The maximum absolute atomic E-state index is 11.6. The topological polar surface area (TPSA) is 167 Å². The summed E-state index contributed by atoms with van der Waals surface area (Å²) in [7, 11) is 0. The summed E-state index contributed by atoms with van der Waals surface area (Å²) < 4.78 is 25.1. The van der Waals surface area contributed by atoms with E-state index in [1.54, 1.807) is 24.3 Å². The molecule has 0 N–H and O–H groups in total. The minimum absolute atomic E-state index is 0.0538. The molecule has 0 aliphatic rings. The van der Waals surface area contributed by atoms with Gasteiger partial charge in [0.25, 0.3) is 11.4 Å². The molecule has 0 heterocycles. The van der Waals surface area contributed by atoms with Gasteiger partial charge in [-0.25, -0.2) is 9.59 Å². The molecule has 0 atom stereocenters. The summed E-state index contributed by atoms with van der Waals surface area (Å²) in [6, 6.07) is 25.0. The van der Waals surface area contributed by atoms with E-state index in [1.807, 2.05) is 38.1 Å². The molecule has 0 radical (unpaired) electrons. The Labute approximate surface area is 251 Å². The molecule has 13 heteroatoms. The zero-order chi connectivity index (χ0) is 31.9. The van der Waals surface area contributed by atoms with Gasteiger partial charge in [0, 0.05) is 24.3 Å². The molecule has 44 heavy (non-hydrogen) atoms. The van der Waals surface area contributed by atoms with Crippen LogP contribution in [-0.2, 0) is 22.7 Å². The first-order valence-corrected chi connectivity index (χ1v) is 13.1. The highest BCUT2D eigenvalue weighted by Gasteiger charge is 2.11. The fourth-order valence-electron chi connectivity index (χ4n) is 3.34. The van der Waals surface area contributed by atoms with E-state index in [2.05, 4.69) is 0 Å². The van der Waals surface area contributed by atoms with Gasteiger partial charge in [-0.05, 0) is 61.4 Å². The molecule has 4 rings (SSSR count). The molecule has 228 valence electrons. The van der Waals surface area contributed by atoms with Crippen molar-refractivity contribution >= 4 is 23.7 Å². The Bertz CT molecular complexity index is 1540. The fourth-order valence-corrected chi connectivity index (χ4v) is 3.34. The van der Waals surface area contributed by atoms with Crippen molar-refractivity contribution in [3.05, 3.63) is 134 Å². The van der Waals surface area contributed by atoms with Crippen LogP contribution in [0.3, 0.4) is 0 Å². The van der Waals surface area contributed by atoms with Gasteiger partial charge in [0.2, 0.25) is 0 Å².